The highest BCUT2D eigenvalue weighted by atomic mass is 16.5. The number of pyridine rings is 1. The van der Waals surface area contributed by atoms with Crippen molar-refractivity contribution in [2.45, 2.75) is 52.0 Å². The largest absolute Gasteiger partial charge is 0.438 e. The van der Waals surface area contributed by atoms with Gasteiger partial charge in [0.1, 0.15) is 28.6 Å². The summed E-state index contributed by atoms with van der Waals surface area (Å²) in [5.41, 5.74) is 1.89. The van der Waals surface area contributed by atoms with Crippen LogP contribution in [0, 0.1) is 18.3 Å². The Kier molecular flexibility index (Phi) is 6.55. The summed E-state index contributed by atoms with van der Waals surface area (Å²) < 4.78 is 7.40. The lowest BCUT2D eigenvalue weighted by atomic mass is 10.1. The van der Waals surface area contributed by atoms with Gasteiger partial charge in [-0.1, -0.05) is 38.0 Å². The van der Waals surface area contributed by atoms with E-state index in [1.165, 1.54) is 10.5 Å². The lowest BCUT2D eigenvalue weighted by Gasteiger charge is -2.13. The van der Waals surface area contributed by atoms with E-state index in [1.807, 2.05) is 43.3 Å². The molecule has 1 aliphatic rings. The highest BCUT2D eigenvalue weighted by Crippen LogP contribution is 2.25. The van der Waals surface area contributed by atoms with Crippen LogP contribution in [0.3, 0.4) is 0 Å². The third-order valence-corrected chi connectivity index (χ3v) is 5.94. The maximum absolute atomic E-state index is 13.4. The van der Waals surface area contributed by atoms with Crippen molar-refractivity contribution in [2.75, 3.05) is 0 Å². The topological polar surface area (TPSA) is 96.5 Å². The molecule has 1 N–H and O–H groups in total. The fourth-order valence-corrected chi connectivity index (χ4v) is 4.02. The van der Waals surface area contributed by atoms with Crippen LogP contribution in [-0.2, 0) is 11.2 Å². The second kappa shape index (κ2) is 9.70. The van der Waals surface area contributed by atoms with E-state index in [-0.39, 0.29) is 23.1 Å². The normalized spacial score (nSPS) is 14.3. The number of rotatable bonds is 6. The summed E-state index contributed by atoms with van der Waals surface area (Å²) in [5, 5.41) is 12.6. The molecular formula is C26H26N4O3. The third-order valence-electron chi connectivity index (χ3n) is 5.94. The van der Waals surface area contributed by atoms with Crippen molar-refractivity contribution >= 4 is 17.6 Å². The molecule has 168 valence electrons. The van der Waals surface area contributed by atoms with Crippen molar-refractivity contribution in [1.82, 2.24) is 14.7 Å². The van der Waals surface area contributed by atoms with Crippen LogP contribution in [0.4, 0.5) is 0 Å². The first kappa shape index (κ1) is 22.3. The number of aryl methyl sites for hydroxylation is 2. The second-order valence-corrected chi connectivity index (χ2v) is 8.24. The van der Waals surface area contributed by atoms with E-state index in [2.05, 4.69) is 17.2 Å². The summed E-state index contributed by atoms with van der Waals surface area (Å²) in [6.45, 7) is 3.92. The van der Waals surface area contributed by atoms with Crippen molar-refractivity contribution in [3.63, 3.8) is 0 Å². The number of aromatic nitrogens is 2. The van der Waals surface area contributed by atoms with Gasteiger partial charge in [-0.05, 0) is 61.6 Å². The van der Waals surface area contributed by atoms with Crippen LogP contribution >= 0.6 is 0 Å². The van der Waals surface area contributed by atoms with Gasteiger partial charge in [-0.25, -0.2) is 0 Å². The SMILES string of the molecule is CCc1ccc(Oc2nc3c(C)cccn3c(=O)c2/C=C(\C#N)C(=O)NC2CCCC2)cc1. The first-order valence-corrected chi connectivity index (χ1v) is 11.2. The van der Waals surface area contributed by atoms with Gasteiger partial charge in [-0.2, -0.15) is 10.2 Å². The average Bonchev–Trinajstić information content (AvgIpc) is 3.33. The monoisotopic (exact) mass is 442 g/mol. The van der Waals surface area contributed by atoms with Crippen molar-refractivity contribution in [1.29, 1.82) is 5.26 Å². The van der Waals surface area contributed by atoms with Gasteiger partial charge in [0.05, 0.1) is 0 Å². The molecule has 1 amide bonds. The minimum atomic E-state index is -0.489. The molecule has 0 radical (unpaired) electrons. The van der Waals surface area contributed by atoms with Gasteiger partial charge >= 0.3 is 0 Å². The van der Waals surface area contributed by atoms with Crippen molar-refractivity contribution in [3.05, 3.63) is 75.2 Å². The van der Waals surface area contributed by atoms with Crippen LogP contribution < -0.4 is 15.6 Å². The Morgan fingerprint density at radius 3 is 2.67 bits per heavy atom. The molecule has 0 atom stereocenters. The summed E-state index contributed by atoms with van der Waals surface area (Å²) in [5.74, 6) is 0.0805. The molecule has 0 spiro atoms. The van der Waals surface area contributed by atoms with E-state index >= 15 is 0 Å². The number of nitrogens with one attached hydrogen (secondary N) is 1. The minimum absolute atomic E-state index is 0.0517. The molecule has 2 heterocycles. The van der Waals surface area contributed by atoms with Gasteiger partial charge in [0.15, 0.2) is 0 Å². The van der Waals surface area contributed by atoms with Gasteiger partial charge in [-0.15, -0.1) is 0 Å². The predicted octanol–water partition coefficient (Wildman–Crippen LogP) is 4.32. The fraction of sp³-hybridized carbons (Fsp3) is 0.308. The third kappa shape index (κ3) is 4.80. The van der Waals surface area contributed by atoms with E-state index in [0.29, 0.717) is 11.4 Å². The molecule has 1 saturated carbocycles. The van der Waals surface area contributed by atoms with E-state index in [1.54, 1.807) is 12.3 Å². The summed E-state index contributed by atoms with van der Waals surface area (Å²) >= 11 is 0. The Morgan fingerprint density at radius 2 is 2.00 bits per heavy atom. The van der Waals surface area contributed by atoms with Crippen molar-refractivity contribution in [2.24, 2.45) is 0 Å². The van der Waals surface area contributed by atoms with Crippen LogP contribution in [0.25, 0.3) is 11.7 Å². The number of fused-ring (bicyclic) bond motifs is 1. The molecule has 33 heavy (non-hydrogen) atoms. The Bertz CT molecular complexity index is 1310. The van der Waals surface area contributed by atoms with Crippen LogP contribution in [-0.4, -0.2) is 21.3 Å². The number of hydrogen-bond donors (Lipinski definition) is 1. The van der Waals surface area contributed by atoms with E-state index in [9.17, 15) is 14.9 Å². The molecule has 1 fully saturated rings. The van der Waals surface area contributed by atoms with Crippen LogP contribution in [0.15, 0.2) is 53.0 Å². The molecule has 3 aromatic rings. The zero-order valence-corrected chi connectivity index (χ0v) is 18.8. The van der Waals surface area contributed by atoms with Crippen LogP contribution in [0.2, 0.25) is 0 Å². The summed E-state index contributed by atoms with van der Waals surface area (Å²) in [7, 11) is 0. The molecule has 0 saturated heterocycles. The van der Waals surface area contributed by atoms with Gasteiger partial charge in [-0.3, -0.25) is 14.0 Å². The molecule has 2 aromatic heterocycles. The maximum atomic E-state index is 13.4. The highest BCUT2D eigenvalue weighted by molar-refractivity contribution is 6.02. The Hall–Kier alpha value is -3.92. The predicted molar refractivity (Wildman–Crippen MR) is 126 cm³/mol. The Morgan fingerprint density at radius 1 is 1.27 bits per heavy atom. The average molecular weight is 443 g/mol. The van der Waals surface area contributed by atoms with Crippen molar-refractivity contribution < 1.29 is 9.53 Å². The Balaban J connectivity index is 1.80. The molecule has 7 heteroatoms. The van der Waals surface area contributed by atoms with E-state index in [0.717, 1.165) is 43.2 Å². The van der Waals surface area contributed by atoms with Gasteiger partial charge < -0.3 is 10.1 Å². The number of carbonyl (C=O) groups is 1. The zero-order valence-electron chi connectivity index (χ0n) is 18.8. The van der Waals surface area contributed by atoms with Crippen molar-refractivity contribution in [3.8, 4) is 17.7 Å². The quantitative estimate of drug-likeness (QED) is 0.453. The molecular weight excluding hydrogens is 416 g/mol. The standard InChI is InChI=1S/C26H26N4O3/c1-3-18-10-12-21(13-11-18)33-25-22(26(32)30-14-6-7-17(2)23(30)29-25)15-19(16-27)24(31)28-20-8-4-5-9-20/h6-7,10-15,20H,3-5,8-9H2,1-2H3,(H,28,31)/b19-15+. The number of nitriles is 1. The van der Waals surface area contributed by atoms with E-state index in [4.69, 9.17) is 4.74 Å². The molecule has 1 aromatic carbocycles. The molecule has 4 rings (SSSR count). The smallest absolute Gasteiger partial charge is 0.269 e. The maximum Gasteiger partial charge on any atom is 0.269 e. The second-order valence-electron chi connectivity index (χ2n) is 8.24. The minimum Gasteiger partial charge on any atom is -0.438 e. The first-order valence-electron chi connectivity index (χ1n) is 11.2. The Labute approximate surface area is 192 Å². The summed E-state index contributed by atoms with van der Waals surface area (Å²) in [4.78, 5) is 30.7. The number of nitrogens with zero attached hydrogens (tertiary/aromatic N) is 3. The molecule has 0 bridgehead atoms. The number of carbonyl (C=O) groups excluding carboxylic acids is 1. The number of hydrogen-bond acceptors (Lipinski definition) is 5. The summed E-state index contributed by atoms with van der Waals surface area (Å²) in [6, 6.07) is 13.1. The lowest BCUT2D eigenvalue weighted by Crippen LogP contribution is -2.33. The summed E-state index contributed by atoms with van der Waals surface area (Å²) in [6.07, 6.45) is 7.69. The molecule has 7 nitrogen and oxygen atoms in total. The van der Waals surface area contributed by atoms with Crippen LogP contribution in [0.5, 0.6) is 11.6 Å². The zero-order chi connectivity index (χ0) is 23.4. The van der Waals surface area contributed by atoms with Gasteiger partial charge in [0.2, 0.25) is 5.88 Å². The number of ether oxygens (including phenoxy) is 1. The number of amides is 1. The molecule has 0 aliphatic heterocycles. The van der Waals surface area contributed by atoms with Crippen LogP contribution in [0.1, 0.15) is 49.3 Å². The first-order chi connectivity index (χ1) is 16.0. The van der Waals surface area contributed by atoms with E-state index < -0.39 is 11.5 Å². The lowest BCUT2D eigenvalue weighted by molar-refractivity contribution is -0.117. The van der Waals surface area contributed by atoms with Gasteiger partial charge in [0, 0.05) is 12.2 Å². The number of benzene rings is 1. The fourth-order valence-electron chi connectivity index (χ4n) is 4.02. The molecule has 0 unspecified atom stereocenters. The molecule has 1 aliphatic carbocycles. The van der Waals surface area contributed by atoms with Gasteiger partial charge in [0.25, 0.3) is 11.5 Å². The highest BCUT2D eigenvalue weighted by Gasteiger charge is 2.21.